The standard InChI is InChI=1S/C14H12O6/c1-19-9-5-3-8(14(17)18)12-10(20-2)6-4-7(11(9)12)13(15)16/h3-6H,1-2H3,(H,15,16)(H,17,18). The first kappa shape index (κ1) is 13.7. The lowest BCUT2D eigenvalue weighted by Crippen LogP contribution is -2.05. The quantitative estimate of drug-likeness (QED) is 0.889. The fourth-order valence-electron chi connectivity index (χ4n) is 2.13. The van der Waals surface area contributed by atoms with Crippen molar-refractivity contribution in [2.24, 2.45) is 0 Å². The van der Waals surface area contributed by atoms with Gasteiger partial charge in [-0.3, -0.25) is 0 Å². The Balaban J connectivity index is 3.04. The molecule has 2 aromatic carbocycles. The second-order valence-corrected chi connectivity index (χ2v) is 3.99. The van der Waals surface area contributed by atoms with Gasteiger partial charge in [0.05, 0.1) is 25.3 Å². The molecule has 0 atom stereocenters. The molecule has 2 aromatic rings. The highest BCUT2D eigenvalue weighted by Gasteiger charge is 2.21. The summed E-state index contributed by atoms with van der Waals surface area (Å²) >= 11 is 0. The topological polar surface area (TPSA) is 93.1 Å². The lowest BCUT2D eigenvalue weighted by molar-refractivity contribution is 0.0686. The van der Waals surface area contributed by atoms with E-state index in [4.69, 9.17) is 9.47 Å². The van der Waals surface area contributed by atoms with Crippen molar-refractivity contribution in [2.75, 3.05) is 14.2 Å². The van der Waals surface area contributed by atoms with Crippen molar-refractivity contribution in [1.82, 2.24) is 0 Å². The van der Waals surface area contributed by atoms with E-state index in [0.29, 0.717) is 0 Å². The highest BCUT2D eigenvalue weighted by atomic mass is 16.5. The van der Waals surface area contributed by atoms with Gasteiger partial charge in [0.1, 0.15) is 11.5 Å². The van der Waals surface area contributed by atoms with E-state index in [1.807, 2.05) is 0 Å². The molecule has 0 bridgehead atoms. The summed E-state index contributed by atoms with van der Waals surface area (Å²) in [6.07, 6.45) is 0. The number of carbonyl (C=O) groups is 2. The Kier molecular flexibility index (Phi) is 3.47. The zero-order chi connectivity index (χ0) is 14.9. The molecule has 0 aliphatic carbocycles. The number of carboxylic acids is 2. The fourth-order valence-corrected chi connectivity index (χ4v) is 2.13. The minimum absolute atomic E-state index is 0.0410. The summed E-state index contributed by atoms with van der Waals surface area (Å²) in [5.74, 6) is -1.78. The lowest BCUT2D eigenvalue weighted by Gasteiger charge is -2.13. The van der Waals surface area contributed by atoms with Gasteiger partial charge in [-0.15, -0.1) is 0 Å². The fraction of sp³-hybridized carbons (Fsp3) is 0.143. The van der Waals surface area contributed by atoms with E-state index in [0.717, 1.165) is 0 Å². The Labute approximate surface area is 114 Å². The number of aromatic carboxylic acids is 2. The van der Waals surface area contributed by atoms with Crippen molar-refractivity contribution in [3.05, 3.63) is 35.4 Å². The van der Waals surface area contributed by atoms with Crippen molar-refractivity contribution in [1.29, 1.82) is 0 Å². The molecular weight excluding hydrogens is 264 g/mol. The summed E-state index contributed by atoms with van der Waals surface area (Å²) in [7, 11) is 2.78. The normalized spacial score (nSPS) is 10.3. The van der Waals surface area contributed by atoms with Crippen LogP contribution in [0.25, 0.3) is 10.8 Å². The first-order valence-corrected chi connectivity index (χ1v) is 5.65. The number of methoxy groups -OCH3 is 2. The second-order valence-electron chi connectivity index (χ2n) is 3.99. The van der Waals surface area contributed by atoms with Gasteiger partial charge < -0.3 is 19.7 Å². The molecule has 0 unspecified atom stereocenters. The van der Waals surface area contributed by atoms with Crippen LogP contribution in [0.15, 0.2) is 24.3 Å². The van der Waals surface area contributed by atoms with Gasteiger partial charge in [0.2, 0.25) is 0 Å². The van der Waals surface area contributed by atoms with Crippen LogP contribution in [-0.2, 0) is 0 Å². The predicted molar refractivity (Wildman–Crippen MR) is 71.0 cm³/mol. The summed E-state index contributed by atoms with van der Waals surface area (Å²) in [6, 6.07) is 5.57. The van der Waals surface area contributed by atoms with Gasteiger partial charge in [-0.2, -0.15) is 0 Å². The Hall–Kier alpha value is -2.76. The summed E-state index contributed by atoms with van der Waals surface area (Å²) in [5.41, 5.74) is -0.0819. The molecule has 0 spiro atoms. The maximum Gasteiger partial charge on any atom is 0.336 e. The largest absolute Gasteiger partial charge is 0.496 e. The lowest BCUT2D eigenvalue weighted by atomic mass is 9.98. The maximum absolute atomic E-state index is 11.3. The Morgan fingerprint density at radius 3 is 1.40 bits per heavy atom. The molecule has 0 saturated carbocycles. The smallest absolute Gasteiger partial charge is 0.336 e. The predicted octanol–water partition coefficient (Wildman–Crippen LogP) is 2.25. The average molecular weight is 276 g/mol. The third-order valence-electron chi connectivity index (χ3n) is 2.98. The number of hydrogen-bond acceptors (Lipinski definition) is 4. The number of ether oxygens (including phenoxy) is 2. The molecule has 0 saturated heterocycles. The molecule has 2 N–H and O–H groups in total. The Bertz CT molecular complexity index is 643. The zero-order valence-electron chi connectivity index (χ0n) is 10.8. The highest BCUT2D eigenvalue weighted by molar-refractivity contribution is 6.15. The first-order chi connectivity index (χ1) is 9.51. The van der Waals surface area contributed by atoms with Crippen molar-refractivity contribution < 1.29 is 29.3 Å². The van der Waals surface area contributed by atoms with Crippen LogP contribution >= 0.6 is 0 Å². The number of carboxylic acid groups (broad SMARTS) is 2. The van der Waals surface area contributed by atoms with Crippen molar-refractivity contribution in [3.8, 4) is 11.5 Å². The molecule has 0 heterocycles. The second kappa shape index (κ2) is 5.08. The Morgan fingerprint density at radius 2 is 1.15 bits per heavy atom. The summed E-state index contributed by atoms with van der Waals surface area (Å²) in [6.45, 7) is 0. The minimum atomic E-state index is -1.17. The first-order valence-electron chi connectivity index (χ1n) is 5.65. The molecule has 20 heavy (non-hydrogen) atoms. The van der Waals surface area contributed by atoms with Gasteiger partial charge in [0, 0.05) is 10.8 Å². The van der Waals surface area contributed by atoms with E-state index < -0.39 is 11.9 Å². The van der Waals surface area contributed by atoms with E-state index in [-0.39, 0.29) is 33.4 Å². The third kappa shape index (κ3) is 2.01. The van der Waals surface area contributed by atoms with Crippen molar-refractivity contribution in [3.63, 3.8) is 0 Å². The molecule has 104 valence electrons. The summed E-state index contributed by atoms with van der Waals surface area (Å²) < 4.78 is 10.3. The van der Waals surface area contributed by atoms with E-state index in [9.17, 15) is 19.8 Å². The molecule has 0 radical (unpaired) electrons. The summed E-state index contributed by atoms with van der Waals surface area (Å²) in [4.78, 5) is 22.6. The summed E-state index contributed by atoms with van der Waals surface area (Å²) in [5, 5.41) is 18.9. The SMILES string of the molecule is COc1ccc(C(=O)O)c2c(OC)ccc(C(=O)O)c12. The molecule has 0 aromatic heterocycles. The Morgan fingerprint density at radius 1 is 0.800 bits per heavy atom. The minimum Gasteiger partial charge on any atom is -0.496 e. The molecule has 0 aliphatic rings. The van der Waals surface area contributed by atoms with E-state index in [1.165, 1.54) is 38.5 Å². The third-order valence-corrected chi connectivity index (χ3v) is 2.98. The van der Waals surface area contributed by atoms with Crippen LogP contribution < -0.4 is 9.47 Å². The number of hydrogen-bond donors (Lipinski definition) is 2. The number of fused-ring (bicyclic) bond motifs is 1. The maximum atomic E-state index is 11.3. The molecule has 0 fully saturated rings. The number of rotatable bonds is 4. The molecule has 0 amide bonds. The van der Waals surface area contributed by atoms with E-state index in [1.54, 1.807) is 0 Å². The molecular formula is C14H12O6. The van der Waals surface area contributed by atoms with Crippen LogP contribution in [0.3, 0.4) is 0 Å². The van der Waals surface area contributed by atoms with Crippen LogP contribution in [0, 0.1) is 0 Å². The van der Waals surface area contributed by atoms with Crippen LogP contribution in [0.1, 0.15) is 20.7 Å². The van der Waals surface area contributed by atoms with Crippen LogP contribution in [-0.4, -0.2) is 36.4 Å². The van der Waals surface area contributed by atoms with Crippen LogP contribution in [0.2, 0.25) is 0 Å². The molecule has 6 heteroatoms. The van der Waals surface area contributed by atoms with Crippen molar-refractivity contribution in [2.45, 2.75) is 0 Å². The van der Waals surface area contributed by atoms with Gasteiger partial charge in [-0.05, 0) is 24.3 Å². The molecule has 2 rings (SSSR count). The average Bonchev–Trinajstić information content (AvgIpc) is 2.44. The van der Waals surface area contributed by atoms with Crippen molar-refractivity contribution >= 4 is 22.7 Å². The zero-order valence-corrected chi connectivity index (χ0v) is 10.8. The van der Waals surface area contributed by atoms with E-state index >= 15 is 0 Å². The highest BCUT2D eigenvalue weighted by Crippen LogP contribution is 2.37. The molecule has 6 nitrogen and oxygen atoms in total. The van der Waals surface area contributed by atoms with Crippen LogP contribution in [0.5, 0.6) is 11.5 Å². The van der Waals surface area contributed by atoms with Gasteiger partial charge >= 0.3 is 11.9 Å². The molecule has 0 aliphatic heterocycles. The van der Waals surface area contributed by atoms with Gasteiger partial charge in [-0.25, -0.2) is 9.59 Å². The van der Waals surface area contributed by atoms with Gasteiger partial charge in [0.25, 0.3) is 0 Å². The monoisotopic (exact) mass is 276 g/mol. The van der Waals surface area contributed by atoms with E-state index in [2.05, 4.69) is 0 Å². The van der Waals surface area contributed by atoms with Crippen LogP contribution in [0.4, 0.5) is 0 Å². The van der Waals surface area contributed by atoms with Gasteiger partial charge in [-0.1, -0.05) is 0 Å². The number of benzene rings is 2. The van der Waals surface area contributed by atoms with Gasteiger partial charge in [0.15, 0.2) is 0 Å².